The topological polar surface area (TPSA) is 79.1 Å². The standard InChI is InChI=1S/C17H26N6O/c1-4-23-13(3)15(12(2)21-23)9-18-16-8-17(20-11-19-16)22-7-5-6-14(22)10-24/h8,11,14,24H,4-7,9-10H2,1-3H3,(H,18,19,20). The Balaban J connectivity index is 1.72. The molecule has 3 heterocycles. The van der Waals surface area contributed by atoms with Crippen LogP contribution in [0.1, 0.15) is 36.7 Å². The molecule has 0 amide bonds. The van der Waals surface area contributed by atoms with Crippen LogP contribution < -0.4 is 10.2 Å². The molecule has 1 aliphatic rings. The number of nitrogens with zero attached hydrogens (tertiary/aromatic N) is 5. The van der Waals surface area contributed by atoms with E-state index < -0.39 is 0 Å². The van der Waals surface area contributed by atoms with E-state index in [4.69, 9.17) is 0 Å². The van der Waals surface area contributed by atoms with E-state index in [0.717, 1.165) is 43.3 Å². The summed E-state index contributed by atoms with van der Waals surface area (Å²) < 4.78 is 2.02. The molecule has 7 nitrogen and oxygen atoms in total. The van der Waals surface area contributed by atoms with Crippen molar-refractivity contribution in [1.29, 1.82) is 0 Å². The second kappa shape index (κ2) is 7.17. The Hall–Kier alpha value is -2.15. The third kappa shape index (κ3) is 3.21. The normalized spacial score (nSPS) is 17.5. The van der Waals surface area contributed by atoms with Crippen LogP contribution in [0.15, 0.2) is 12.4 Å². The third-order valence-corrected chi connectivity index (χ3v) is 4.81. The molecule has 24 heavy (non-hydrogen) atoms. The molecule has 1 unspecified atom stereocenters. The lowest BCUT2D eigenvalue weighted by atomic mass is 10.2. The third-order valence-electron chi connectivity index (χ3n) is 4.81. The van der Waals surface area contributed by atoms with Crippen LogP contribution in [-0.2, 0) is 13.1 Å². The Morgan fingerprint density at radius 2 is 2.17 bits per heavy atom. The van der Waals surface area contributed by atoms with Crippen LogP contribution in [0.4, 0.5) is 11.6 Å². The number of aliphatic hydroxyl groups excluding tert-OH is 1. The van der Waals surface area contributed by atoms with Gasteiger partial charge in [-0.15, -0.1) is 0 Å². The van der Waals surface area contributed by atoms with Gasteiger partial charge >= 0.3 is 0 Å². The minimum Gasteiger partial charge on any atom is -0.394 e. The van der Waals surface area contributed by atoms with E-state index in [1.54, 1.807) is 6.33 Å². The summed E-state index contributed by atoms with van der Waals surface area (Å²) in [5.41, 5.74) is 3.46. The van der Waals surface area contributed by atoms with Gasteiger partial charge in [-0.3, -0.25) is 4.68 Å². The fourth-order valence-corrected chi connectivity index (χ4v) is 3.40. The molecule has 130 valence electrons. The Kier molecular flexibility index (Phi) is 4.99. The maximum Gasteiger partial charge on any atom is 0.134 e. The van der Waals surface area contributed by atoms with E-state index in [0.29, 0.717) is 6.54 Å². The molecular formula is C17H26N6O. The van der Waals surface area contributed by atoms with Gasteiger partial charge in [0.25, 0.3) is 0 Å². The van der Waals surface area contributed by atoms with Crippen molar-refractivity contribution in [2.45, 2.75) is 52.7 Å². The number of aromatic nitrogens is 4. The molecule has 2 aromatic rings. The van der Waals surface area contributed by atoms with E-state index in [-0.39, 0.29) is 12.6 Å². The largest absolute Gasteiger partial charge is 0.394 e. The second-order valence-corrected chi connectivity index (χ2v) is 6.25. The number of rotatable bonds is 6. The molecule has 0 aliphatic carbocycles. The number of hydrogen-bond donors (Lipinski definition) is 2. The lowest BCUT2D eigenvalue weighted by Gasteiger charge is -2.24. The molecule has 3 rings (SSSR count). The van der Waals surface area contributed by atoms with Gasteiger partial charge in [0, 0.05) is 37.0 Å². The van der Waals surface area contributed by atoms with E-state index in [1.807, 2.05) is 17.7 Å². The van der Waals surface area contributed by atoms with Crippen molar-refractivity contribution in [2.24, 2.45) is 0 Å². The minimum atomic E-state index is 0.167. The Labute approximate surface area is 142 Å². The predicted molar refractivity (Wildman–Crippen MR) is 94.2 cm³/mol. The van der Waals surface area contributed by atoms with E-state index in [2.05, 4.69) is 39.1 Å². The molecule has 1 atom stereocenters. The summed E-state index contributed by atoms with van der Waals surface area (Å²) in [5.74, 6) is 1.67. The van der Waals surface area contributed by atoms with Gasteiger partial charge in [-0.1, -0.05) is 0 Å². The van der Waals surface area contributed by atoms with Gasteiger partial charge in [-0.2, -0.15) is 5.10 Å². The zero-order valence-electron chi connectivity index (χ0n) is 14.7. The highest BCUT2D eigenvalue weighted by Gasteiger charge is 2.25. The first-order valence-corrected chi connectivity index (χ1v) is 8.60. The van der Waals surface area contributed by atoms with E-state index >= 15 is 0 Å². The summed E-state index contributed by atoms with van der Waals surface area (Å²) in [6, 6.07) is 2.13. The van der Waals surface area contributed by atoms with Crippen molar-refractivity contribution in [2.75, 3.05) is 23.4 Å². The molecule has 7 heteroatoms. The molecule has 2 aromatic heterocycles. The van der Waals surface area contributed by atoms with Gasteiger partial charge in [0.15, 0.2) is 0 Å². The first kappa shape index (κ1) is 16.7. The van der Waals surface area contributed by atoms with Crippen molar-refractivity contribution in [1.82, 2.24) is 19.7 Å². The van der Waals surface area contributed by atoms with Gasteiger partial charge in [-0.05, 0) is 33.6 Å². The van der Waals surface area contributed by atoms with Crippen molar-refractivity contribution < 1.29 is 5.11 Å². The van der Waals surface area contributed by atoms with Crippen molar-refractivity contribution >= 4 is 11.6 Å². The highest BCUT2D eigenvalue weighted by Crippen LogP contribution is 2.25. The van der Waals surface area contributed by atoms with Crippen LogP contribution in [0.25, 0.3) is 0 Å². The van der Waals surface area contributed by atoms with Crippen molar-refractivity contribution in [3.63, 3.8) is 0 Å². The van der Waals surface area contributed by atoms with Gasteiger partial charge < -0.3 is 15.3 Å². The summed E-state index contributed by atoms with van der Waals surface area (Å²) in [4.78, 5) is 10.9. The van der Waals surface area contributed by atoms with Gasteiger partial charge in [0.2, 0.25) is 0 Å². The molecule has 0 aromatic carbocycles. The van der Waals surface area contributed by atoms with Crippen LogP contribution in [0.2, 0.25) is 0 Å². The van der Waals surface area contributed by atoms with E-state index in [9.17, 15) is 5.11 Å². The fourth-order valence-electron chi connectivity index (χ4n) is 3.40. The SMILES string of the molecule is CCn1nc(C)c(CNc2cc(N3CCCC3CO)ncn2)c1C. The average Bonchev–Trinajstić information content (AvgIpc) is 3.18. The van der Waals surface area contributed by atoms with Crippen molar-refractivity contribution in [3.05, 3.63) is 29.3 Å². The Bertz CT molecular complexity index is 698. The number of anilines is 2. The lowest BCUT2D eigenvalue weighted by molar-refractivity contribution is 0.266. The Morgan fingerprint density at radius 1 is 1.33 bits per heavy atom. The van der Waals surface area contributed by atoms with Crippen LogP contribution >= 0.6 is 0 Å². The molecule has 0 bridgehead atoms. The summed E-state index contributed by atoms with van der Waals surface area (Å²) >= 11 is 0. The molecule has 0 saturated carbocycles. The number of hydrogen-bond acceptors (Lipinski definition) is 6. The van der Waals surface area contributed by atoms with Crippen LogP contribution in [0.3, 0.4) is 0 Å². The molecule has 1 saturated heterocycles. The summed E-state index contributed by atoms with van der Waals surface area (Å²) in [6.45, 7) is 8.91. The van der Waals surface area contributed by atoms with Gasteiger partial charge in [0.05, 0.1) is 18.3 Å². The maximum absolute atomic E-state index is 9.50. The number of aliphatic hydroxyl groups is 1. The second-order valence-electron chi connectivity index (χ2n) is 6.25. The fraction of sp³-hybridized carbons (Fsp3) is 0.588. The lowest BCUT2D eigenvalue weighted by Crippen LogP contribution is -2.32. The smallest absolute Gasteiger partial charge is 0.134 e. The summed E-state index contributed by atoms with van der Waals surface area (Å²) in [6.07, 6.45) is 3.68. The number of nitrogens with one attached hydrogen (secondary N) is 1. The first-order chi connectivity index (χ1) is 11.6. The molecule has 2 N–H and O–H groups in total. The molecule has 1 fully saturated rings. The average molecular weight is 330 g/mol. The van der Waals surface area contributed by atoms with Crippen LogP contribution in [0, 0.1) is 13.8 Å². The maximum atomic E-state index is 9.50. The van der Waals surface area contributed by atoms with Gasteiger partial charge in [-0.25, -0.2) is 9.97 Å². The number of aryl methyl sites for hydroxylation is 2. The van der Waals surface area contributed by atoms with Crippen molar-refractivity contribution in [3.8, 4) is 0 Å². The highest BCUT2D eigenvalue weighted by atomic mass is 16.3. The zero-order valence-corrected chi connectivity index (χ0v) is 14.7. The van der Waals surface area contributed by atoms with Crippen LogP contribution in [0.5, 0.6) is 0 Å². The molecule has 0 spiro atoms. The summed E-state index contributed by atoms with van der Waals surface area (Å²) in [5, 5.41) is 17.4. The van der Waals surface area contributed by atoms with E-state index in [1.165, 1.54) is 11.3 Å². The molecule has 1 aliphatic heterocycles. The monoisotopic (exact) mass is 330 g/mol. The molecule has 0 radical (unpaired) electrons. The van der Waals surface area contributed by atoms with Gasteiger partial charge in [0.1, 0.15) is 18.0 Å². The Morgan fingerprint density at radius 3 is 2.88 bits per heavy atom. The first-order valence-electron chi connectivity index (χ1n) is 8.60. The minimum absolute atomic E-state index is 0.167. The zero-order chi connectivity index (χ0) is 17.1. The van der Waals surface area contributed by atoms with Crippen LogP contribution in [-0.4, -0.2) is 44.0 Å². The highest BCUT2D eigenvalue weighted by molar-refractivity contribution is 5.50. The quantitative estimate of drug-likeness (QED) is 0.842. The predicted octanol–water partition coefficient (Wildman–Crippen LogP) is 1.88. The summed E-state index contributed by atoms with van der Waals surface area (Å²) in [7, 11) is 0. The molecular weight excluding hydrogens is 304 g/mol.